The first-order chi connectivity index (χ1) is 7.40. The zero-order valence-electron chi connectivity index (χ0n) is 11.1. The lowest BCUT2D eigenvalue weighted by molar-refractivity contribution is -0.154. The van der Waals surface area contributed by atoms with E-state index in [1.54, 1.807) is 0 Å². The SMILES string of the molecule is COC(=O)C(C)(C)COCCCNC(C)C. The topological polar surface area (TPSA) is 47.6 Å². The third-order valence-electron chi connectivity index (χ3n) is 2.22. The van der Waals surface area contributed by atoms with E-state index in [-0.39, 0.29) is 5.97 Å². The summed E-state index contributed by atoms with van der Waals surface area (Å²) in [5.41, 5.74) is -0.555. The van der Waals surface area contributed by atoms with Crippen molar-refractivity contribution in [1.29, 1.82) is 0 Å². The average Bonchev–Trinajstić information content (AvgIpc) is 2.21. The zero-order valence-corrected chi connectivity index (χ0v) is 11.1. The van der Waals surface area contributed by atoms with Crippen LogP contribution in [0.5, 0.6) is 0 Å². The zero-order chi connectivity index (χ0) is 12.6. The van der Waals surface area contributed by atoms with Crippen molar-refractivity contribution >= 4 is 5.97 Å². The Morgan fingerprint density at radius 3 is 2.50 bits per heavy atom. The van der Waals surface area contributed by atoms with E-state index in [1.807, 2.05) is 13.8 Å². The molecule has 0 bridgehead atoms. The van der Waals surface area contributed by atoms with Gasteiger partial charge in [-0.05, 0) is 26.8 Å². The Kier molecular flexibility index (Phi) is 7.34. The van der Waals surface area contributed by atoms with Gasteiger partial charge in [0.25, 0.3) is 0 Å². The predicted molar refractivity (Wildman–Crippen MR) is 64.4 cm³/mol. The standard InChI is InChI=1S/C12H25NO3/c1-10(2)13-7-6-8-16-9-12(3,4)11(14)15-5/h10,13H,6-9H2,1-5H3. The van der Waals surface area contributed by atoms with Gasteiger partial charge in [0.05, 0.1) is 19.1 Å². The summed E-state index contributed by atoms with van der Waals surface area (Å²) in [5.74, 6) is -0.229. The Balaban J connectivity index is 3.54. The van der Waals surface area contributed by atoms with Crippen molar-refractivity contribution in [3.63, 3.8) is 0 Å². The molecular weight excluding hydrogens is 206 g/mol. The number of ether oxygens (including phenoxy) is 2. The Morgan fingerprint density at radius 2 is 2.00 bits per heavy atom. The van der Waals surface area contributed by atoms with Crippen LogP contribution in [0.1, 0.15) is 34.1 Å². The molecular formula is C12H25NO3. The molecule has 0 amide bonds. The fourth-order valence-corrected chi connectivity index (χ4v) is 1.23. The third kappa shape index (κ3) is 6.80. The molecule has 96 valence electrons. The molecule has 0 saturated heterocycles. The minimum absolute atomic E-state index is 0.229. The van der Waals surface area contributed by atoms with Gasteiger partial charge in [-0.2, -0.15) is 0 Å². The van der Waals surface area contributed by atoms with Gasteiger partial charge in [-0.15, -0.1) is 0 Å². The maximum atomic E-state index is 11.3. The quantitative estimate of drug-likeness (QED) is 0.509. The van der Waals surface area contributed by atoms with E-state index in [0.717, 1.165) is 13.0 Å². The van der Waals surface area contributed by atoms with Crippen LogP contribution in [-0.4, -0.2) is 38.9 Å². The van der Waals surface area contributed by atoms with Crippen molar-refractivity contribution in [2.24, 2.45) is 5.41 Å². The number of hydrogen-bond donors (Lipinski definition) is 1. The van der Waals surface area contributed by atoms with Crippen LogP contribution < -0.4 is 5.32 Å². The number of esters is 1. The van der Waals surface area contributed by atoms with Gasteiger partial charge in [-0.25, -0.2) is 0 Å². The van der Waals surface area contributed by atoms with Gasteiger partial charge in [0.1, 0.15) is 0 Å². The van der Waals surface area contributed by atoms with Gasteiger partial charge in [-0.1, -0.05) is 13.8 Å². The third-order valence-corrected chi connectivity index (χ3v) is 2.22. The molecule has 0 aliphatic heterocycles. The van der Waals surface area contributed by atoms with Crippen molar-refractivity contribution < 1.29 is 14.3 Å². The number of methoxy groups -OCH3 is 1. The van der Waals surface area contributed by atoms with E-state index < -0.39 is 5.41 Å². The Morgan fingerprint density at radius 1 is 1.38 bits per heavy atom. The lowest BCUT2D eigenvalue weighted by Crippen LogP contribution is -2.31. The first-order valence-corrected chi connectivity index (χ1v) is 5.79. The molecule has 0 unspecified atom stereocenters. The second kappa shape index (κ2) is 7.63. The second-order valence-corrected chi connectivity index (χ2v) is 4.89. The van der Waals surface area contributed by atoms with Gasteiger partial charge < -0.3 is 14.8 Å². The van der Waals surface area contributed by atoms with Crippen molar-refractivity contribution in [2.45, 2.75) is 40.2 Å². The average molecular weight is 231 g/mol. The van der Waals surface area contributed by atoms with Crippen molar-refractivity contribution in [2.75, 3.05) is 26.9 Å². The van der Waals surface area contributed by atoms with Crippen molar-refractivity contribution in [3.05, 3.63) is 0 Å². The van der Waals surface area contributed by atoms with Crippen LogP contribution in [0.4, 0.5) is 0 Å². The summed E-state index contributed by atoms with van der Waals surface area (Å²) in [6.07, 6.45) is 0.954. The van der Waals surface area contributed by atoms with E-state index >= 15 is 0 Å². The smallest absolute Gasteiger partial charge is 0.313 e. The minimum atomic E-state index is -0.555. The molecule has 0 atom stereocenters. The molecule has 0 aromatic rings. The highest BCUT2D eigenvalue weighted by Gasteiger charge is 2.28. The fourth-order valence-electron chi connectivity index (χ4n) is 1.23. The monoisotopic (exact) mass is 231 g/mol. The minimum Gasteiger partial charge on any atom is -0.469 e. The largest absolute Gasteiger partial charge is 0.469 e. The summed E-state index contributed by atoms with van der Waals surface area (Å²) >= 11 is 0. The van der Waals surface area contributed by atoms with Crippen LogP contribution in [0.25, 0.3) is 0 Å². The molecule has 4 heteroatoms. The maximum Gasteiger partial charge on any atom is 0.313 e. The highest BCUT2D eigenvalue weighted by molar-refractivity contribution is 5.75. The summed E-state index contributed by atoms with van der Waals surface area (Å²) in [7, 11) is 1.40. The van der Waals surface area contributed by atoms with Crippen LogP contribution in [0.3, 0.4) is 0 Å². The molecule has 0 saturated carbocycles. The summed E-state index contributed by atoms with van der Waals surface area (Å²) < 4.78 is 10.2. The number of hydrogen-bond acceptors (Lipinski definition) is 4. The van der Waals surface area contributed by atoms with E-state index in [2.05, 4.69) is 19.2 Å². The number of carbonyl (C=O) groups is 1. The number of carbonyl (C=O) groups excluding carboxylic acids is 1. The summed E-state index contributed by atoms with van der Waals surface area (Å²) in [5, 5.41) is 3.31. The molecule has 0 aromatic carbocycles. The summed E-state index contributed by atoms with van der Waals surface area (Å²) in [6.45, 7) is 9.89. The molecule has 0 fully saturated rings. The van der Waals surface area contributed by atoms with Gasteiger partial charge in [-0.3, -0.25) is 4.79 Å². The molecule has 1 N–H and O–H groups in total. The Labute approximate surface area is 98.7 Å². The molecule has 0 heterocycles. The van der Waals surface area contributed by atoms with Crippen LogP contribution >= 0.6 is 0 Å². The molecule has 0 aromatic heterocycles. The molecule has 0 rings (SSSR count). The highest BCUT2D eigenvalue weighted by atomic mass is 16.5. The highest BCUT2D eigenvalue weighted by Crippen LogP contribution is 2.17. The van der Waals surface area contributed by atoms with Crippen LogP contribution in [-0.2, 0) is 14.3 Å². The molecule has 0 spiro atoms. The molecule has 0 aliphatic rings. The van der Waals surface area contributed by atoms with Gasteiger partial charge >= 0.3 is 5.97 Å². The first kappa shape index (κ1) is 15.4. The predicted octanol–water partition coefficient (Wildman–Crippen LogP) is 1.59. The number of nitrogens with one attached hydrogen (secondary N) is 1. The fraction of sp³-hybridized carbons (Fsp3) is 0.917. The number of rotatable bonds is 8. The van der Waals surface area contributed by atoms with E-state index in [4.69, 9.17) is 9.47 Å². The van der Waals surface area contributed by atoms with Crippen molar-refractivity contribution in [3.8, 4) is 0 Å². The molecule has 0 radical (unpaired) electrons. The normalized spacial score (nSPS) is 11.9. The Hall–Kier alpha value is -0.610. The molecule has 4 nitrogen and oxygen atoms in total. The van der Waals surface area contributed by atoms with E-state index in [1.165, 1.54) is 7.11 Å². The maximum absolute atomic E-state index is 11.3. The second-order valence-electron chi connectivity index (χ2n) is 4.89. The molecule has 0 aliphatic carbocycles. The van der Waals surface area contributed by atoms with Gasteiger partial charge in [0.2, 0.25) is 0 Å². The first-order valence-electron chi connectivity index (χ1n) is 5.79. The van der Waals surface area contributed by atoms with Crippen LogP contribution in [0, 0.1) is 5.41 Å². The Bertz CT molecular complexity index is 202. The lowest BCUT2D eigenvalue weighted by atomic mass is 9.95. The summed E-state index contributed by atoms with van der Waals surface area (Å²) in [4.78, 5) is 11.3. The van der Waals surface area contributed by atoms with Crippen LogP contribution in [0.2, 0.25) is 0 Å². The lowest BCUT2D eigenvalue weighted by Gasteiger charge is -2.21. The van der Waals surface area contributed by atoms with Crippen molar-refractivity contribution in [1.82, 2.24) is 5.32 Å². The van der Waals surface area contributed by atoms with Crippen LogP contribution in [0.15, 0.2) is 0 Å². The van der Waals surface area contributed by atoms with Gasteiger partial charge in [0.15, 0.2) is 0 Å². The molecule has 16 heavy (non-hydrogen) atoms. The summed E-state index contributed by atoms with van der Waals surface area (Å²) in [6, 6.07) is 0.506. The van der Waals surface area contributed by atoms with E-state index in [9.17, 15) is 4.79 Å². The van der Waals surface area contributed by atoms with Gasteiger partial charge in [0, 0.05) is 12.6 Å². The van der Waals surface area contributed by atoms with E-state index in [0.29, 0.717) is 19.3 Å².